The second-order valence-electron chi connectivity index (χ2n) is 3.81. The van der Waals surface area contributed by atoms with Crippen LogP contribution in [0.25, 0.3) is 5.52 Å². The molecule has 3 nitrogen and oxygen atoms in total. The summed E-state index contributed by atoms with van der Waals surface area (Å²) < 4.78 is 2.11. The first-order chi connectivity index (χ1) is 6.72. The Balaban J connectivity index is 2.59. The maximum absolute atomic E-state index is 5.58. The zero-order valence-corrected chi connectivity index (χ0v) is 8.57. The molecule has 0 saturated heterocycles. The molecule has 0 aliphatic rings. The standard InChI is InChI=1S/C11H15N3/c1-8(2)11-13-7-10-5-9(6-12)3-4-14(10)11/h3-5,7-8H,6,12H2,1-2H3. The van der Waals surface area contributed by atoms with E-state index in [1.54, 1.807) is 0 Å². The van der Waals surface area contributed by atoms with Gasteiger partial charge in [-0.3, -0.25) is 0 Å². The number of nitrogens with zero attached hydrogens (tertiary/aromatic N) is 2. The van der Waals surface area contributed by atoms with Gasteiger partial charge in [-0.05, 0) is 17.7 Å². The van der Waals surface area contributed by atoms with Crippen molar-refractivity contribution in [3.8, 4) is 0 Å². The number of fused-ring (bicyclic) bond motifs is 1. The normalized spacial score (nSPS) is 11.4. The van der Waals surface area contributed by atoms with E-state index in [1.807, 2.05) is 18.5 Å². The molecule has 14 heavy (non-hydrogen) atoms. The number of hydrogen-bond acceptors (Lipinski definition) is 2. The van der Waals surface area contributed by atoms with Gasteiger partial charge in [0.25, 0.3) is 0 Å². The van der Waals surface area contributed by atoms with Crippen molar-refractivity contribution in [3.05, 3.63) is 35.9 Å². The molecule has 0 aromatic carbocycles. The van der Waals surface area contributed by atoms with Crippen molar-refractivity contribution in [2.24, 2.45) is 5.73 Å². The molecule has 2 N–H and O–H groups in total. The lowest BCUT2D eigenvalue weighted by Crippen LogP contribution is -1.99. The fraction of sp³-hybridized carbons (Fsp3) is 0.364. The molecule has 74 valence electrons. The van der Waals surface area contributed by atoms with Crippen LogP contribution in [0.4, 0.5) is 0 Å². The van der Waals surface area contributed by atoms with Gasteiger partial charge >= 0.3 is 0 Å². The summed E-state index contributed by atoms with van der Waals surface area (Å²) in [7, 11) is 0. The van der Waals surface area contributed by atoms with Crippen LogP contribution in [-0.4, -0.2) is 9.38 Å². The average Bonchev–Trinajstić information content (AvgIpc) is 2.59. The van der Waals surface area contributed by atoms with Gasteiger partial charge in [0.15, 0.2) is 0 Å². The van der Waals surface area contributed by atoms with Gasteiger partial charge in [0.1, 0.15) is 5.82 Å². The summed E-state index contributed by atoms with van der Waals surface area (Å²) in [6.45, 7) is 4.87. The first-order valence-electron chi connectivity index (χ1n) is 4.88. The number of nitrogens with two attached hydrogens (primary N) is 1. The molecule has 2 aromatic heterocycles. The van der Waals surface area contributed by atoms with Crippen LogP contribution in [-0.2, 0) is 6.54 Å². The predicted molar refractivity (Wildman–Crippen MR) is 57.2 cm³/mol. The Morgan fingerprint density at radius 2 is 2.29 bits per heavy atom. The second-order valence-corrected chi connectivity index (χ2v) is 3.81. The van der Waals surface area contributed by atoms with Crippen molar-refractivity contribution in [2.45, 2.75) is 26.3 Å². The molecule has 0 fully saturated rings. The number of rotatable bonds is 2. The Labute approximate surface area is 83.6 Å². The van der Waals surface area contributed by atoms with Crippen molar-refractivity contribution in [2.75, 3.05) is 0 Å². The lowest BCUT2D eigenvalue weighted by molar-refractivity contribution is 0.769. The maximum Gasteiger partial charge on any atom is 0.115 e. The summed E-state index contributed by atoms with van der Waals surface area (Å²) in [6.07, 6.45) is 3.94. The molecular weight excluding hydrogens is 174 g/mol. The van der Waals surface area contributed by atoms with Gasteiger partial charge in [0.05, 0.1) is 11.7 Å². The largest absolute Gasteiger partial charge is 0.326 e. The van der Waals surface area contributed by atoms with Crippen LogP contribution in [0.15, 0.2) is 24.5 Å². The molecule has 0 bridgehead atoms. The molecule has 2 rings (SSSR count). The zero-order valence-electron chi connectivity index (χ0n) is 8.57. The molecule has 0 saturated carbocycles. The Bertz CT molecular complexity index is 443. The minimum atomic E-state index is 0.446. The molecule has 2 aromatic rings. The highest BCUT2D eigenvalue weighted by molar-refractivity contribution is 5.48. The van der Waals surface area contributed by atoms with E-state index in [0.717, 1.165) is 16.9 Å². The van der Waals surface area contributed by atoms with Crippen molar-refractivity contribution in [1.82, 2.24) is 9.38 Å². The summed E-state index contributed by atoms with van der Waals surface area (Å²) >= 11 is 0. The van der Waals surface area contributed by atoms with Crippen molar-refractivity contribution in [1.29, 1.82) is 0 Å². The summed E-state index contributed by atoms with van der Waals surface area (Å²) in [5, 5.41) is 0. The summed E-state index contributed by atoms with van der Waals surface area (Å²) in [5.74, 6) is 1.55. The van der Waals surface area contributed by atoms with Crippen LogP contribution < -0.4 is 5.73 Å². The monoisotopic (exact) mass is 189 g/mol. The minimum Gasteiger partial charge on any atom is -0.326 e. The van der Waals surface area contributed by atoms with Gasteiger partial charge in [-0.25, -0.2) is 4.98 Å². The van der Waals surface area contributed by atoms with E-state index >= 15 is 0 Å². The van der Waals surface area contributed by atoms with Gasteiger partial charge in [-0.1, -0.05) is 13.8 Å². The third-order valence-electron chi connectivity index (χ3n) is 2.38. The average molecular weight is 189 g/mol. The molecule has 2 heterocycles. The highest BCUT2D eigenvalue weighted by Crippen LogP contribution is 2.16. The topological polar surface area (TPSA) is 43.3 Å². The van der Waals surface area contributed by atoms with E-state index < -0.39 is 0 Å². The van der Waals surface area contributed by atoms with Gasteiger partial charge in [0.2, 0.25) is 0 Å². The Morgan fingerprint density at radius 1 is 1.50 bits per heavy atom. The smallest absolute Gasteiger partial charge is 0.115 e. The molecule has 0 aliphatic carbocycles. The van der Waals surface area contributed by atoms with Crippen LogP contribution in [0.5, 0.6) is 0 Å². The molecule has 0 unspecified atom stereocenters. The second kappa shape index (κ2) is 3.42. The van der Waals surface area contributed by atoms with Crippen LogP contribution in [0.3, 0.4) is 0 Å². The van der Waals surface area contributed by atoms with Crippen LogP contribution in [0, 0.1) is 0 Å². The Morgan fingerprint density at radius 3 is 2.93 bits per heavy atom. The van der Waals surface area contributed by atoms with Crippen LogP contribution in [0.2, 0.25) is 0 Å². The van der Waals surface area contributed by atoms with Crippen molar-refractivity contribution < 1.29 is 0 Å². The molecular formula is C11H15N3. The van der Waals surface area contributed by atoms with Gasteiger partial charge in [0, 0.05) is 18.7 Å². The number of hydrogen-bond donors (Lipinski definition) is 1. The summed E-state index contributed by atoms with van der Waals surface area (Å²) in [5.41, 5.74) is 7.85. The quantitative estimate of drug-likeness (QED) is 0.784. The van der Waals surface area contributed by atoms with Gasteiger partial charge < -0.3 is 10.1 Å². The molecule has 0 atom stereocenters. The van der Waals surface area contributed by atoms with E-state index in [2.05, 4.69) is 29.3 Å². The predicted octanol–water partition coefficient (Wildman–Crippen LogP) is 1.92. The van der Waals surface area contributed by atoms with E-state index in [-0.39, 0.29) is 0 Å². The molecule has 3 heteroatoms. The van der Waals surface area contributed by atoms with E-state index in [0.29, 0.717) is 12.5 Å². The first kappa shape index (κ1) is 9.21. The minimum absolute atomic E-state index is 0.446. The number of pyridine rings is 1. The van der Waals surface area contributed by atoms with Crippen molar-refractivity contribution >= 4 is 5.52 Å². The van der Waals surface area contributed by atoms with Gasteiger partial charge in [-0.2, -0.15) is 0 Å². The summed E-state index contributed by atoms with van der Waals surface area (Å²) in [4.78, 5) is 4.39. The third-order valence-corrected chi connectivity index (χ3v) is 2.38. The first-order valence-corrected chi connectivity index (χ1v) is 4.88. The van der Waals surface area contributed by atoms with Crippen LogP contribution >= 0.6 is 0 Å². The SMILES string of the molecule is CC(C)c1ncc2cc(CN)ccn12. The van der Waals surface area contributed by atoms with E-state index in [1.165, 1.54) is 0 Å². The molecule has 0 amide bonds. The fourth-order valence-corrected chi connectivity index (χ4v) is 1.62. The Kier molecular flexibility index (Phi) is 2.25. The molecule has 0 spiro atoms. The summed E-state index contributed by atoms with van der Waals surface area (Å²) in [6, 6.07) is 4.12. The van der Waals surface area contributed by atoms with E-state index in [9.17, 15) is 0 Å². The Hall–Kier alpha value is -1.35. The maximum atomic E-state index is 5.58. The van der Waals surface area contributed by atoms with Gasteiger partial charge in [-0.15, -0.1) is 0 Å². The lowest BCUT2D eigenvalue weighted by Gasteiger charge is -2.04. The third kappa shape index (κ3) is 1.40. The number of aromatic nitrogens is 2. The zero-order chi connectivity index (χ0) is 10.1. The fourth-order valence-electron chi connectivity index (χ4n) is 1.62. The highest BCUT2D eigenvalue weighted by atomic mass is 15.0. The molecule has 0 aliphatic heterocycles. The van der Waals surface area contributed by atoms with E-state index in [4.69, 9.17) is 5.73 Å². The van der Waals surface area contributed by atoms with Crippen LogP contribution in [0.1, 0.15) is 31.2 Å². The highest BCUT2D eigenvalue weighted by Gasteiger charge is 2.06. The molecule has 0 radical (unpaired) electrons. The van der Waals surface area contributed by atoms with Crippen molar-refractivity contribution in [3.63, 3.8) is 0 Å². The number of imidazole rings is 1. The lowest BCUT2D eigenvalue weighted by atomic mass is 10.2.